The number of ether oxygens (including phenoxy) is 1. The van der Waals surface area contributed by atoms with Crippen molar-refractivity contribution in [3.63, 3.8) is 0 Å². The normalized spacial score (nSPS) is 15.1. The Kier molecular flexibility index (Phi) is 5.44. The molecule has 128 valence electrons. The summed E-state index contributed by atoms with van der Waals surface area (Å²) >= 11 is 12.2. The van der Waals surface area contributed by atoms with Crippen LogP contribution < -0.4 is 0 Å². The molecule has 0 saturated carbocycles. The first-order valence-corrected chi connectivity index (χ1v) is 8.38. The lowest BCUT2D eigenvalue weighted by atomic mass is 10.2. The lowest BCUT2D eigenvalue weighted by Gasteiger charge is -2.26. The van der Waals surface area contributed by atoms with Gasteiger partial charge in [-0.3, -0.25) is 4.79 Å². The van der Waals surface area contributed by atoms with Crippen LogP contribution in [-0.4, -0.2) is 37.1 Å². The van der Waals surface area contributed by atoms with Gasteiger partial charge in [-0.2, -0.15) is 5.26 Å². The van der Waals surface area contributed by atoms with Crippen LogP contribution in [0.25, 0.3) is 17.4 Å². The Hall–Kier alpha value is -2.26. The van der Waals surface area contributed by atoms with Gasteiger partial charge in [0.05, 0.1) is 18.2 Å². The fourth-order valence-corrected chi connectivity index (χ4v) is 2.87. The molecule has 1 aliphatic rings. The molecule has 0 bridgehead atoms. The van der Waals surface area contributed by atoms with Crippen molar-refractivity contribution in [3.05, 3.63) is 51.7 Å². The van der Waals surface area contributed by atoms with Gasteiger partial charge >= 0.3 is 0 Å². The molecule has 2 heterocycles. The first kappa shape index (κ1) is 17.6. The first-order chi connectivity index (χ1) is 12.1. The highest BCUT2D eigenvalue weighted by molar-refractivity contribution is 6.35. The van der Waals surface area contributed by atoms with E-state index < -0.39 is 0 Å². The van der Waals surface area contributed by atoms with Gasteiger partial charge in [-0.25, -0.2) is 0 Å². The summed E-state index contributed by atoms with van der Waals surface area (Å²) in [5.41, 5.74) is 0.659. The molecule has 1 aliphatic heterocycles. The zero-order valence-electron chi connectivity index (χ0n) is 13.2. The summed E-state index contributed by atoms with van der Waals surface area (Å²) in [5, 5.41) is 10.4. The summed E-state index contributed by atoms with van der Waals surface area (Å²) in [6, 6.07) is 10.4. The van der Waals surface area contributed by atoms with Crippen LogP contribution in [0.4, 0.5) is 0 Å². The number of morpholine rings is 1. The van der Waals surface area contributed by atoms with Crippen LogP contribution in [0.2, 0.25) is 10.0 Å². The molecule has 1 amide bonds. The molecule has 1 saturated heterocycles. The van der Waals surface area contributed by atoms with Crippen molar-refractivity contribution in [3.8, 4) is 17.4 Å². The Morgan fingerprint density at radius 2 is 1.96 bits per heavy atom. The molecule has 1 fully saturated rings. The molecule has 0 unspecified atom stereocenters. The molecule has 3 rings (SSSR count). The maximum absolute atomic E-state index is 12.4. The summed E-state index contributed by atoms with van der Waals surface area (Å²) in [7, 11) is 0. The van der Waals surface area contributed by atoms with E-state index in [1.807, 2.05) is 6.07 Å². The third-order valence-electron chi connectivity index (χ3n) is 3.76. The number of carbonyl (C=O) groups excluding carboxylic acids is 1. The standard InChI is InChI=1S/C18H14Cl2N2O3/c19-13-1-3-16(20)15(10-13)17-4-2-14(25-17)9-12(11-21)18(23)22-5-7-24-8-6-22/h1-4,9-10H,5-8H2. The highest BCUT2D eigenvalue weighted by Gasteiger charge is 2.21. The molecule has 0 N–H and O–H groups in total. The van der Waals surface area contributed by atoms with E-state index in [2.05, 4.69) is 0 Å². The van der Waals surface area contributed by atoms with Crippen molar-refractivity contribution >= 4 is 35.2 Å². The summed E-state index contributed by atoms with van der Waals surface area (Å²) in [4.78, 5) is 14.0. The number of nitrogens with zero attached hydrogens (tertiary/aromatic N) is 2. The quantitative estimate of drug-likeness (QED) is 0.599. The second kappa shape index (κ2) is 7.75. The van der Waals surface area contributed by atoms with Crippen molar-refractivity contribution < 1.29 is 13.9 Å². The molecule has 1 aromatic heterocycles. The Balaban J connectivity index is 1.85. The molecule has 1 aromatic carbocycles. The number of rotatable bonds is 3. The maximum Gasteiger partial charge on any atom is 0.264 e. The minimum atomic E-state index is -0.329. The Morgan fingerprint density at radius 1 is 1.20 bits per heavy atom. The van der Waals surface area contributed by atoms with E-state index in [-0.39, 0.29) is 11.5 Å². The molecule has 0 radical (unpaired) electrons. The van der Waals surface area contributed by atoms with Crippen LogP contribution in [0.5, 0.6) is 0 Å². The van der Waals surface area contributed by atoms with Crippen molar-refractivity contribution in [2.75, 3.05) is 26.3 Å². The Morgan fingerprint density at radius 3 is 2.68 bits per heavy atom. The predicted octanol–water partition coefficient (Wildman–Crippen LogP) is 4.02. The Bertz CT molecular complexity index is 861. The lowest BCUT2D eigenvalue weighted by Crippen LogP contribution is -2.41. The topological polar surface area (TPSA) is 66.5 Å². The van der Waals surface area contributed by atoms with E-state index in [1.165, 1.54) is 6.08 Å². The van der Waals surface area contributed by atoms with Crippen LogP contribution in [0.1, 0.15) is 5.76 Å². The van der Waals surface area contributed by atoms with Gasteiger partial charge in [-0.1, -0.05) is 23.2 Å². The van der Waals surface area contributed by atoms with Crippen molar-refractivity contribution in [1.82, 2.24) is 4.90 Å². The molecule has 25 heavy (non-hydrogen) atoms. The van der Waals surface area contributed by atoms with Gasteiger partial charge in [0.2, 0.25) is 0 Å². The van der Waals surface area contributed by atoms with Gasteiger partial charge in [0, 0.05) is 29.8 Å². The van der Waals surface area contributed by atoms with Crippen LogP contribution in [0, 0.1) is 11.3 Å². The van der Waals surface area contributed by atoms with Gasteiger partial charge in [-0.15, -0.1) is 0 Å². The number of furan rings is 1. The number of benzene rings is 1. The molecule has 7 heteroatoms. The summed E-state index contributed by atoms with van der Waals surface area (Å²) in [5.74, 6) is 0.573. The zero-order chi connectivity index (χ0) is 17.8. The molecule has 0 aliphatic carbocycles. The van der Waals surface area contributed by atoms with E-state index in [4.69, 9.17) is 32.4 Å². The second-order valence-electron chi connectivity index (χ2n) is 5.40. The van der Waals surface area contributed by atoms with Crippen LogP contribution in [-0.2, 0) is 9.53 Å². The van der Waals surface area contributed by atoms with E-state index in [9.17, 15) is 10.1 Å². The molecular formula is C18H14Cl2N2O3. The van der Waals surface area contributed by atoms with Crippen LogP contribution >= 0.6 is 23.2 Å². The predicted molar refractivity (Wildman–Crippen MR) is 95.2 cm³/mol. The van der Waals surface area contributed by atoms with Gasteiger partial charge < -0.3 is 14.1 Å². The number of nitriles is 1. The number of carbonyl (C=O) groups is 1. The molecule has 2 aromatic rings. The highest BCUT2D eigenvalue weighted by Crippen LogP contribution is 2.32. The molecule has 0 spiro atoms. The van der Waals surface area contributed by atoms with E-state index in [0.29, 0.717) is 53.4 Å². The number of amides is 1. The number of halogens is 2. The monoisotopic (exact) mass is 376 g/mol. The second-order valence-corrected chi connectivity index (χ2v) is 6.24. The average Bonchev–Trinajstić information content (AvgIpc) is 3.10. The summed E-state index contributed by atoms with van der Waals surface area (Å²) in [6.07, 6.45) is 1.43. The van der Waals surface area contributed by atoms with Crippen molar-refractivity contribution in [1.29, 1.82) is 5.26 Å². The summed E-state index contributed by atoms with van der Waals surface area (Å²) < 4.78 is 10.9. The molecular weight excluding hydrogens is 363 g/mol. The van der Waals surface area contributed by atoms with Crippen LogP contribution in [0.15, 0.2) is 40.3 Å². The van der Waals surface area contributed by atoms with Crippen LogP contribution in [0.3, 0.4) is 0 Å². The first-order valence-electron chi connectivity index (χ1n) is 7.62. The SMILES string of the molecule is N#CC(=Cc1ccc(-c2cc(Cl)ccc2Cl)o1)C(=O)N1CCOCC1. The van der Waals surface area contributed by atoms with Gasteiger partial charge in [0.1, 0.15) is 23.2 Å². The largest absolute Gasteiger partial charge is 0.457 e. The van der Waals surface area contributed by atoms with Gasteiger partial charge in [0.15, 0.2) is 0 Å². The highest BCUT2D eigenvalue weighted by atomic mass is 35.5. The average molecular weight is 377 g/mol. The van der Waals surface area contributed by atoms with Crippen molar-refractivity contribution in [2.24, 2.45) is 0 Å². The number of hydrogen-bond donors (Lipinski definition) is 0. The fourth-order valence-electron chi connectivity index (χ4n) is 2.48. The van der Waals surface area contributed by atoms with Crippen molar-refractivity contribution in [2.45, 2.75) is 0 Å². The maximum atomic E-state index is 12.4. The number of hydrogen-bond acceptors (Lipinski definition) is 4. The summed E-state index contributed by atoms with van der Waals surface area (Å²) in [6.45, 7) is 1.89. The minimum absolute atomic E-state index is 0.0139. The Labute approximate surface area is 155 Å². The van der Waals surface area contributed by atoms with E-state index in [1.54, 1.807) is 35.2 Å². The van der Waals surface area contributed by atoms with Gasteiger partial charge in [-0.05, 0) is 30.3 Å². The van der Waals surface area contributed by atoms with E-state index in [0.717, 1.165) is 0 Å². The third kappa shape index (κ3) is 4.05. The minimum Gasteiger partial charge on any atom is -0.457 e. The fraction of sp³-hybridized carbons (Fsp3) is 0.222. The smallest absolute Gasteiger partial charge is 0.264 e. The molecule has 0 atom stereocenters. The zero-order valence-corrected chi connectivity index (χ0v) is 14.7. The molecule has 5 nitrogen and oxygen atoms in total. The lowest BCUT2D eigenvalue weighted by molar-refractivity contribution is -0.130. The third-order valence-corrected chi connectivity index (χ3v) is 4.32. The van der Waals surface area contributed by atoms with E-state index >= 15 is 0 Å². The van der Waals surface area contributed by atoms with Gasteiger partial charge in [0.25, 0.3) is 5.91 Å².